The summed E-state index contributed by atoms with van der Waals surface area (Å²) in [6.45, 7) is 6.80. The maximum absolute atomic E-state index is 5.59. The van der Waals surface area contributed by atoms with Gasteiger partial charge in [0.2, 0.25) is 0 Å². The number of quaternary nitrogens is 1. The number of hydrogen-bond acceptors (Lipinski definition) is 3. The van der Waals surface area contributed by atoms with Crippen LogP contribution in [-0.4, -0.2) is 44.0 Å². The average Bonchev–Trinajstić information content (AvgIpc) is 3.13. The maximum Gasteiger partial charge on any atom is 0.140 e. The summed E-state index contributed by atoms with van der Waals surface area (Å²) in [5.41, 5.74) is 6.83. The molecule has 5 rings (SSSR count). The standard InChI is InChI=1S/C26H27N3O/c1-2-30-21-9-7-8-20(18-21)19-27-29-16-14-28(15-17-29)26-24-12-5-3-10-22(24)23-11-4-6-13-25(23)26/h3-13,18-19,26H,2,14-17H2,1H3/p+1/b27-19-. The lowest BCUT2D eigenvalue weighted by molar-refractivity contribution is -0.929. The Balaban J connectivity index is 1.28. The van der Waals surface area contributed by atoms with Crippen LogP contribution < -0.4 is 9.64 Å². The van der Waals surface area contributed by atoms with Gasteiger partial charge in [0.15, 0.2) is 0 Å². The van der Waals surface area contributed by atoms with Gasteiger partial charge in [0.05, 0.1) is 39.0 Å². The van der Waals surface area contributed by atoms with E-state index in [4.69, 9.17) is 9.84 Å². The third kappa shape index (κ3) is 3.59. The highest BCUT2D eigenvalue weighted by atomic mass is 16.5. The third-order valence-corrected chi connectivity index (χ3v) is 6.16. The number of ether oxygens (including phenoxy) is 1. The van der Waals surface area contributed by atoms with Gasteiger partial charge in [-0.2, -0.15) is 5.10 Å². The number of benzene rings is 3. The van der Waals surface area contributed by atoms with Crippen molar-refractivity contribution in [3.63, 3.8) is 0 Å². The molecule has 1 N–H and O–H groups in total. The second-order valence-corrected chi connectivity index (χ2v) is 7.97. The highest BCUT2D eigenvalue weighted by molar-refractivity contribution is 5.80. The van der Waals surface area contributed by atoms with E-state index in [1.54, 1.807) is 4.90 Å². The summed E-state index contributed by atoms with van der Waals surface area (Å²) in [7, 11) is 0. The van der Waals surface area contributed by atoms with Crippen LogP contribution in [0.3, 0.4) is 0 Å². The first-order valence-electron chi connectivity index (χ1n) is 10.9. The fourth-order valence-electron chi connectivity index (χ4n) is 4.78. The minimum atomic E-state index is 0.436. The molecule has 0 spiro atoms. The number of hydrogen-bond donors (Lipinski definition) is 1. The predicted molar refractivity (Wildman–Crippen MR) is 121 cm³/mol. The third-order valence-electron chi connectivity index (χ3n) is 6.16. The van der Waals surface area contributed by atoms with Crippen LogP contribution in [0.4, 0.5) is 0 Å². The SMILES string of the molecule is CCOc1cccc(/C=N\N2CC[NH+](C3c4ccccc4-c4ccccc43)CC2)c1. The Morgan fingerprint density at radius 3 is 2.27 bits per heavy atom. The van der Waals surface area contributed by atoms with Gasteiger partial charge >= 0.3 is 0 Å². The van der Waals surface area contributed by atoms with Crippen LogP contribution in [0.1, 0.15) is 29.7 Å². The predicted octanol–water partition coefficient (Wildman–Crippen LogP) is 3.39. The molecule has 0 saturated carbocycles. The molecule has 4 nitrogen and oxygen atoms in total. The number of nitrogens with one attached hydrogen (secondary N) is 1. The fourth-order valence-corrected chi connectivity index (χ4v) is 4.78. The summed E-state index contributed by atoms with van der Waals surface area (Å²) in [5.74, 6) is 0.897. The van der Waals surface area contributed by atoms with Crippen molar-refractivity contribution in [3.8, 4) is 16.9 Å². The van der Waals surface area contributed by atoms with Crippen LogP contribution in [0, 0.1) is 0 Å². The fraction of sp³-hybridized carbons (Fsp3) is 0.269. The Bertz CT molecular complexity index is 1010. The highest BCUT2D eigenvalue weighted by Gasteiger charge is 2.37. The monoisotopic (exact) mass is 398 g/mol. The van der Waals surface area contributed by atoms with Gasteiger partial charge in [0.25, 0.3) is 0 Å². The topological polar surface area (TPSA) is 29.3 Å². The molecule has 30 heavy (non-hydrogen) atoms. The average molecular weight is 399 g/mol. The van der Waals surface area contributed by atoms with Crippen molar-refractivity contribution in [2.24, 2.45) is 5.10 Å². The summed E-state index contributed by atoms with van der Waals surface area (Å²) in [6.07, 6.45) is 1.95. The smallest absolute Gasteiger partial charge is 0.140 e. The molecule has 0 amide bonds. The van der Waals surface area contributed by atoms with Crippen LogP contribution in [0.5, 0.6) is 5.75 Å². The van der Waals surface area contributed by atoms with E-state index in [1.807, 2.05) is 31.3 Å². The van der Waals surface area contributed by atoms with Crippen LogP contribution in [-0.2, 0) is 0 Å². The minimum absolute atomic E-state index is 0.436. The van der Waals surface area contributed by atoms with E-state index in [0.717, 1.165) is 37.5 Å². The van der Waals surface area contributed by atoms with Gasteiger partial charge in [-0.05, 0) is 35.7 Å². The maximum atomic E-state index is 5.59. The molecule has 0 aromatic heterocycles. The molecule has 3 aromatic carbocycles. The number of rotatable bonds is 5. The first-order chi connectivity index (χ1) is 14.8. The highest BCUT2D eigenvalue weighted by Crippen LogP contribution is 2.41. The molecule has 1 aliphatic heterocycles. The molecule has 0 radical (unpaired) electrons. The van der Waals surface area contributed by atoms with Gasteiger partial charge in [0.1, 0.15) is 11.8 Å². The quantitative estimate of drug-likeness (QED) is 0.668. The molecule has 2 aliphatic rings. The van der Waals surface area contributed by atoms with Crippen LogP contribution >= 0.6 is 0 Å². The number of fused-ring (bicyclic) bond motifs is 3. The lowest BCUT2D eigenvalue weighted by atomic mass is 10.0. The second-order valence-electron chi connectivity index (χ2n) is 7.97. The molecule has 1 aliphatic carbocycles. The molecule has 0 bridgehead atoms. The molecular formula is C26H28N3O+. The number of hydrazone groups is 1. The Morgan fingerprint density at radius 2 is 1.60 bits per heavy atom. The first-order valence-corrected chi connectivity index (χ1v) is 10.9. The second kappa shape index (κ2) is 8.33. The first kappa shape index (κ1) is 18.9. The number of piperazine rings is 1. The zero-order valence-electron chi connectivity index (χ0n) is 17.4. The zero-order chi connectivity index (χ0) is 20.3. The van der Waals surface area contributed by atoms with Gasteiger partial charge in [-0.15, -0.1) is 0 Å². The summed E-state index contributed by atoms with van der Waals surface area (Å²) in [5, 5.41) is 6.94. The summed E-state index contributed by atoms with van der Waals surface area (Å²) in [6, 6.07) is 26.4. The lowest BCUT2D eigenvalue weighted by Crippen LogP contribution is -3.14. The van der Waals surface area contributed by atoms with E-state index in [0.29, 0.717) is 12.6 Å². The van der Waals surface area contributed by atoms with Gasteiger partial charge < -0.3 is 9.64 Å². The van der Waals surface area contributed by atoms with Gasteiger partial charge in [-0.25, -0.2) is 0 Å². The van der Waals surface area contributed by atoms with Gasteiger partial charge in [-0.3, -0.25) is 5.01 Å². The summed E-state index contributed by atoms with van der Waals surface area (Å²) >= 11 is 0. The van der Waals surface area contributed by atoms with E-state index >= 15 is 0 Å². The molecule has 4 heteroatoms. The molecule has 3 aromatic rings. The molecular weight excluding hydrogens is 370 g/mol. The normalized spacial score (nSPS) is 16.6. The number of nitrogens with zero attached hydrogens (tertiary/aromatic N) is 2. The van der Waals surface area contributed by atoms with Gasteiger partial charge in [0, 0.05) is 11.1 Å². The molecule has 152 valence electrons. The van der Waals surface area contributed by atoms with Crippen molar-refractivity contribution in [1.82, 2.24) is 5.01 Å². The van der Waals surface area contributed by atoms with E-state index in [-0.39, 0.29) is 0 Å². The summed E-state index contributed by atoms with van der Waals surface area (Å²) in [4.78, 5) is 1.64. The summed E-state index contributed by atoms with van der Waals surface area (Å²) < 4.78 is 5.59. The molecule has 0 atom stereocenters. The van der Waals surface area contributed by atoms with E-state index in [1.165, 1.54) is 22.3 Å². The van der Waals surface area contributed by atoms with Crippen molar-refractivity contribution in [2.75, 3.05) is 32.8 Å². The van der Waals surface area contributed by atoms with Crippen molar-refractivity contribution < 1.29 is 9.64 Å². The van der Waals surface area contributed by atoms with Crippen molar-refractivity contribution in [3.05, 3.63) is 89.5 Å². The van der Waals surface area contributed by atoms with Gasteiger partial charge in [-0.1, -0.05) is 60.7 Å². The van der Waals surface area contributed by atoms with E-state index < -0.39 is 0 Å². The van der Waals surface area contributed by atoms with Crippen LogP contribution in [0.2, 0.25) is 0 Å². The minimum Gasteiger partial charge on any atom is -0.494 e. The molecule has 0 unspecified atom stereocenters. The Labute approximate surface area is 178 Å². The molecule has 1 heterocycles. The zero-order valence-corrected chi connectivity index (χ0v) is 17.4. The lowest BCUT2D eigenvalue weighted by Gasteiger charge is -2.34. The van der Waals surface area contributed by atoms with Crippen molar-refractivity contribution >= 4 is 6.21 Å². The van der Waals surface area contributed by atoms with E-state index in [2.05, 4.69) is 59.6 Å². The van der Waals surface area contributed by atoms with Crippen molar-refractivity contribution in [1.29, 1.82) is 0 Å². The van der Waals surface area contributed by atoms with E-state index in [9.17, 15) is 0 Å². The molecule has 1 fully saturated rings. The Hall–Kier alpha value is -3.11. The largest absolute Gasteiger partial charge is 0.494 e. The van der Waals surface area contributed by atoms with Crippen LogP contribution in [0.25, 0.3) is 11.1 Å². The van der Waals surface area contributed by atoms with Crippen molar-refractivity contribution in [2.45, 2.75) is 13.0 Å². The molecule has 1 saturated heterocycles. The van der Waals surface area contributed by atoms with Crippen LogP contribution in [0.15, 0.2) is 77.9 Å². The Kier molecular flexibility index (Phi) is 5.24. The Morgan fingerprint density at radius 1 is 0.933 bits per heavy atom.